The topological polar surface area (TPSA) is 130 Å². The van der Waals surface area contributed by atoms with Gasteiger partial charge in [-0.2, -0.15) is 4.80 Å². The lowest BCUT2D eigenvalue weighted by Gasteiger charge is -2.07. The molecule has 0 aliphatic carbocycles. The van der Waals surface area contributed by atoms with Gasteiger partial charge in [0.15, 0.2) is 5.69 Å². The summed E-state index contributed by atoms with van der Waals surface area (Å²) < 4.78 is 0. The molecule has 0 spiro atoms. The average Bonchev–Trinajstić information content (AvgIpc) is 3.55. The third-order valence-electron chi connectivity index (χ3n) is 5.46. The van der Waals surface area contributed by atoms with Crippen LogP contribution in [0.3, 0.4) is 0 Å². The van der Waals surface area contributed by atoms with E-state index in [-0.39, 0.29) is 5.69 Å². The predicted molar refractivity (Wildman–Crippen MR) is 132 cm³/mol. The molecule has 36 heavy (non-hydrogen) atoms. The SMILES string of the molecule is Cc1[nH]c(-c2ccccc2)nc1C(=O)NNC(=O)c1ccc(Cn2nnc(-c3ccccc3)n2)cc1. The van der Waals surface area contributed by atoms with Gasteiger partial charge in [-0.15, -0.1) is 10.2 Å². The van der Waals surface area contributed by atoms with Crippen molar-refractivity contribution in [3.8, 4) is 22.8 Å². The highest BCUT2D eigenvalue weighted by Crippen LogP contribution is 2.17. The first kappa shape index (κ1) is 22.7. The molecule has 3 aromatic carbocycles. The summed E-state index contributed by atoms with van der Waals surface area (Å²) in [7, 11) is 0. The van der Waals surface area contributed by atoms with Gasteiger partial charge in [0.2, 0.25) is 5.82 Å². The minimum Gasteiger partial charge on any atom is -0.341 e. The lowest BCUT2D eigenvalue weighted by molar-refractivity contribution is 0.0844. The van der Waals surface area contributed by atoms with Crippen LogP contribution in [-0.2, 0) is 6.54 Å². The Labute approximate surface area is 206 Å². The van der Waals surface area contributed by atoms with Crippen molar-refractivity contribution in [1.29, 1.82) is 0 Å². The minimum absolute atomic E-state index is 0.208. The molecule has 0 unspecified atom stereocenters. The number of aromatic amines is 1. The van der Waals surface area contributed by atoms with Gasteiger partial charge in [-0.05, 0) is 29.8 Å². The number of aryl methyl sites for hydroxylation is 1. The van der Waals surface area contributed by atoms with Gasteiger partial charge in [0.1, 0.15) is 5.82 Å². The van der Waals surface area contributed by atoms with E-state index < -0.39 is 11.8 Å². The van der Waals surface area contributed by atoms with Crippen molar-refractivity contribution < 1.29 is 9.59 Å². The van der Waals surface area contributed by atoms with Crippen LogP contribution in [0.1, 0.15) is 32.1 Å². The Morgan fingerprint density at radius 1 is 0.833 bits per heavy atom. The van der Waals surface area contributed by atoms with Gasteiger partial charge in [-0.3, -0.25) is 20.4 Å². The Bertz CT molecular complexity index is 1490. The number of hydrogen-bond acceptors (Lipinski definition) is 6. The van der Waals surface area contributed by atoms with Gasteiger partial charge in [0.25, 0.3) is 11.8 Å². The normalized spacial score (nSPS) is 10.7. The summed E-state index contributed by atoms with van der Waals surface area (Å²) in [5.74, 6) is 0.169. The maximum Gasteiger partial charge on any atom is 0.290 e. The lowest BCUT2D eigenvalue weighted by Crippen LogP contribution is -2.42. The number of carbonyl (C=O) groups is 2. The second-order valence-electron chi connectivity index (χ2n) is 8.04. The van der Waals surface area contributed by atoms with Gasteiger partial charge in [0.05, 0.1) is 6.54 Å². The summed E-state index contributed by atoms with van der Waals surface area (Å²) in [6, 6.07) is 26.0. The van der Waals surface area contributed by atoms with Crippen molar-refractivity contribution in [3.63, 3.8) is 0 Å². The van der Waals surface area contributed by atoms with E-state index in [0.717, 1.165) is 16.7 Å². The summed E-state index contributed by atoms with van der Waals surface area (Å²) in [5.41, 5.74) is 8.70. The highest BCUT2D eigenvalue weighted by molar-refractivity contribution is 5.99. The Morgan fingerprint density at radius 2 is 1.47 bits per heavy atom. The van der Waals surface area contributed by atoms with Gasteiger partial charge in [0, 0.05) is 22.4 Å². The molecule has 0 radical (unpaired) electrons. The number of nitrogens with one attached hydrogen (secondary N) is 3. The lowest BCUT2D eigenvalue weighted by atomic mass is 10.1. The van der Waals surface area contributed by atoms with Gasteiger partial charge >= 0.3 is 0 Å². The Morgan fingerprint density at radius 3 is 2.17 bits per heavy atom. The second kappa shape index (κ2) is 10.0. The molecule has 0 aliphatic heterocycles. The van der Waals surface area contributed by atoms with Gasteiger partial charge in [-0.25, -0.2) is 4.98 Å². The third kappa shape index (κ3) is 5.02. The van der Waals surface area contributed by atoms with E-state index >= 15 is 0 Å². The number of amides is 2. The van der Waals surface area contributed by atoms with Crippen molar-refractivity contribution in [2.24, 2.45) is 0 Å². The summed E-state index contributed by atoms with van der Waals surface area (Å²) in [6.45, 7) is 2.16. The number of imidazole rings is 1. The first-order valence-corrected chi connectivity index (χ1v) is 11.2. The number of tetrazole rings is 1. The Kier molecular flexibility index (Phi) is 6.31. The molecule has 5 aromatic rings. The van der Waals surface area contributed by atoms with Crippen molar-refractivity contribution >= 4 is 11.8 Å². The van der Waals surface area contributed by atoms with E-state index in [9.17, 15) is 9.59 Å². The molecule has 0 aliphatic rings. The molecular weight excluding hydrogens is 456 g/mol. The zero-order chi connectivity index (χ0) is 24.9. The molecule has 2 heterocycles. The second-order valence-corrected chi connectivity index (χ2v) is 8.04. The molecule has 0 fully saturated rings. The number of rotatable bonds is 6. The highest BCUT2D eigenvalue weighted by Gasteiger charge is 2.17. The summed E-state index contributed by atoms with van der Waals surface area (Å²) in [6.07, 6.45) is 0. The van der Waals surface area contributed by atoms with E-state index in [2.05, 4.69) is 36.2 Å². The van der Waals surface area contributed by atoms with Crippen LogP contribution in [0.15, 0.2) is 84.9 Å². The number of aromatic nitrogens is 6. The summed E-state index contributed by atoms with van der Waals surface area (Å²) >= 11 is 0. The largest absolute Gasteiger partial charge is 0.341 e. The summed E-state index contributed by atoms with van der Waals surface area (Å²) in [5, 5.41) is 12.6. The maximum absolute atomic E-state index is 12.6. The zero-order valence-corrected chi connectivity index (χ0v) is 19.3. The zero-order valence-electron chi connectivity index (χ0n) is 19.3. The molecule has 2 amide bonds. The minimum atomic E-state index is -0.512. The van der Waals surface area contributed by atoms with Gasteiger partial charge < -0.3 is 4.98 Å². The molecular formula is C26H22N8O2. The number of carbonyl (C=O) groups excluding carboxylic acids is 2. The fraction of sp³-hybridized carbons (Fsp3) is 0.0769. The highest BCUT2D eigenvalue weighted by atomic mass is 16.2. The number of benzene rings is 3. The summed E-state index contributed by atoms with van der Waals surface area (Å²) in [4.78, 5) is 34.1. The monoisotopic (exact) mass is 478 g/mol. The van der Waals surface area contributed by atoms with Crippen LogP contribution in [0.5, 0.6) is 0 Å². The van der Waals surface area contributed by atoms with E-state index in [1.54, 1.807) is 31.2 Å². The smallest absolute Gasteiger partial charge is 0.290 e. The molecule has 10 nitrogen and oxygen atoms in total. The Hall–Kier alpha value is -5.12. The number of nitrogens with zero attached hydrogens (tertiary/aromatic N) is 5. The average molecular weight is 479 g/mol. The van der Waals surface area contributed by atoms with E-state index in [1.807, 2.05) is 60.7 Å². The molecule has 2 aromatic heterocycles. The van der Waals surface area contributed by atoms with Crippen LogP contribution in [-0.4, -0.2) is 42.0 Å². The molecule has 178 valence electrons. The third-order valence-corrected chi connectivity index (χ3v) is 5.46. The van der Waals surface area contributed by atoms with E-state index in [0.29, 0.717) is 29.5 Å². The number of hydrogen-bond donors (Lipinski definition) is 3. The fourth-order valence-corrected chi connectivity index (χ4v) is 3.60. The van der Waals surface area contributed by atoms with Crippen LogP contribution in [0, 0.1) is 6.92 Å². The first-order valence-electron chi connectivity index (χ1n) is 11.2. The van der Waals surface area contributed by atoms with Crippen LogP contribution in [0.4, 0.5) is 0 Å². The number of hydrazine groups is 1. The van der Waals surface area contributed by atoms with Gasteiger partial charge in [-0.1, -0.05) is 72.8 Å². The molecule has 0 saturated carbocycles. The van der Waals surface area contributed by atoms with Crippen molar-refractivity contribution in [2.45, 2.75) is 13.5 Å². The first-order chi connectivity index (χ1) is 17.6. The standard InChI is InChI=1S/C26H22N8O2/c1-17-22(28-23(27-17)19-8-4-2-5-9-19)26(36)31-30-25(35)21-14-12-18(13-15-21)16-34-32-24(29-33-34)20-10-6-3-7-11-20/h2-15H,16H2,1H3,(H,27,28)(H,30,35)(H,31,36). The quantitative estimate of drug-likeness (QED) is 0.321. The molecule has 0 saturated heterocycles. The van der Waals surface area contributed by atoms with Crippen LogP contribution >= 0.6 is 0 Å². The van der Waals surface area contributed by atoms with Crippen LogP contribution < -0.4 is 10.9 Å². The molecule has 3 N–H and O–H groups in total. The molecule has 0 bridgehead atoms. The Balaban J connectivity index is 1.18. The fourth-order valence-electron chi connectivity index (χ4n) is 3.60. The van der Waals surface area contributed by atoms with E-state index in [1.165, 1.54) is 4.80 Å². The van der Waals surface area contributed by atoms with Crippen molar-refractivity contribution in [3.05, 3.63) is 107 Å². The number of H-pyrrole nitrogens is 1. The molecule has 10 heteroatoms. The van der Waals surface area contributed by atoms with Crippen molar-refractivity contribution in [1.82, 2.24) is 41.0 Å². The van der Waals surface area contributed by atoms with Crippen LogP contribution in [0.25, 0.3) is 22.8 Å². The predicted octanol–water partition coefficient (Wildman–Crippen LogP) is 3.16. The van der Waals surface area contributed by atoms with Crippen molar-refractivity contribution in [2.75, 3.05) is 0 Å². The van der Waals surface area contributed by atoms with Crippen LogP contribution in [0.2, 0.25) is 0 Å². The maximum atomic E-state index is 12.6. The van der Waals surface area contributed by atoms with E-state index in [4.69, 9.17) is 0 Å². The molecule has 5 rings (SSSR count). The molecule has 0 atom stereocenters.